The van der Waals surface area contributed by atoms with Gasteiger partial charge in [0.2, 0.25) is 0 Å². The number of aromatic nitrogens is 2. The largest absolute Gasteiger partial charge is 0.394 e. The van der Waals surface area contributed by atoms with E-state index in [1.807, 2.05) is 18.5 Å². The highest BCUT2D eigenvalue weighted by Crippen LogP contribution is 2.31. The van der Waals surface area contributed by atoms with E-state index >= 15 is 0 Å². The summed E-state index contributed by atoms with van der Waals surface area (Å²) in [4.78, 5) is 2.23. The van der Waals surface area contributed by atoms with Crippen LogP contribution in [0.1, 0.15) is 35.4 Å². The van der Waals surface area contributed by atoms with Gasteiger partial charge in [-0.3, -0.25) is 9.58 Å². The van der Waals surface area contributed by atoms with Gasteiger partial charge in [-0.15, -0.1) is 0 Å². The molecule has 2 aromatic rings. The van der Waals surface area contributed by atoms with Crippen LogP contribution in [0.15, 0.2) is 18.2 Å². The zero-order valence-electron chi connectivity index (χ0n) is 14.1. The fraction of sp³-hybridized carbons (Fsp3) is 0.500. The summed E-state index contributed by atoms with van der Waals surface area (Å²) < 4.78 is 28.9. The molecular weight excluding hydrogens is 312 g/mol. The molecule has 1 N–H and O–H groups in total. The number of benzene rings is 1. The molecule has 1 aliphatic rings. The number of rotatable bonds is 7. The molecule has 1 aromatic heterocycles. The predicted molar refractivity (Wildman–Crippen MR) is 87.4 cm³/mol. The number of aliphatic hydroxyl groups excluding tert-OH is 1. The van der Waals surface area contributed by atoms with Crippen molar-refractivity contribution in [1.82, 2.24) is 14.7 Å². The molecule has 0 saturated heterocycles. The molecule has 3 rings (SSSR count). The Hall–Kier alpha value is -1.79. The Morgan fingerprint density at radius 3 is 2.62 bits per heavy atom. The number of hydrogen-bond acceptors (Lipinski definition) is 3. The van der Waals surface area contributed by atoms with Gasteiger partial charge in [0.15, 0.2) is 0 Å². The maximum atomic E-state index is 14.0. The molecule has 0 aliphatic heterocycles. The number of aliphatic hydroxyl groups is 1. The minimum absolute atomic E-state index is 0.0501. The van der Waals surface area contributed by atoms with Crippen LogP contribution in [-0.4, -0.2) is 32.4 Å². The monoisotopic (exact) mass is 335 g/mol. The van der Waals surface area contributed by atoms with Crippen molar-refractivity contribution in [3.05, 3.63) is 52.3 Å². The number of hydrogen-bond donors (Lipinski definition) is 1. The summed E-state index contributed by atoms with van der Waals surface area (Å²) in [5.74, 6) is -1.05. The lowest BCUT2D eigenvalue weighted by Gasteiger charge is -2.22. The molecule has 4 nitrogen and oxygen atoms in total. The van der Waals surface area contributed by atoms with Crippen molar-refractivity contribution in [2.75, 3.05) is 6.61 Å². The molecule has 24 heavy (non-hydrogen) atoms. The van der Waals surface area contributed by atoms with Gasteiger partial charge in [-0.05, 0) is 32.8 Å². The van der Waals surface area contributed by atoms with Crippen LogP contribution in [0.25, 0.3) is 0 Å². The van der Waals surface area contributed by atoms with Gasteiger partial charge < -0.3 is 5.11 Å². The summed E-state index contributed by atoms with van der Waals surface area (Å²) in [5.41, 5.74) is 3.61. The minimum atomic E-state index is -0.550. The van der Waals surface area contributed by atoms with Gasteiger partial charge in [-0.1, -0.05) is 6.07 Å². The molecule has 0 unspecified atom stereocenters. The number of nitrogens with zero attached hydrogens (tertiary/aromatic N) is 3. The van der Waals surface area contributed by atoms with Crippen LogP contribution < -0.4 is 0 Å². The molecule has 0 radical (unpaired) electrons. The SMILES string of the molecule is Cc1nn(CCO)c(C)c1CN(Cc1ccc(F)cc1F)C1CC1. The summed E-state index contributed by atoms with van der Waals surface area (Å²) in [5, 5.41) is 13.6. The van der Waals surface area contributed by atoms with Gasteiger partial charge in [-0.25, -0.2) is 8.78 Å². The molecule has 1 saturated carbocycles. The fourth-order valence-electron chi connectivity index (χ4n) is 3.10. The lowest BCUT2D eigenvalue weighted by Crippen LogP contribution is -2.26. The van der Waals surface area contributed by atoms with Gasteiger partial charge >= 0.3 is 0 Å². The predicted octanol–water partition coefficient (Wildman–Crippen LogP) is 2.94. The summed E-state index contributed by atoms with van der Waals surface area (Å²) in [6.45, 7) is 5.62. The Bertz CT molecular complexity index is 725. The van der Waals surface area contributed by atoms with Gasteiger partial charge in [-0.2, -0.15) is 5.10 Å². The van der Waals surface area contributed by atoms with E-state index in [2.05, 4.69) is 10.00 Å². The third kappa shape index (κ3) is 3.65. The number of halogens is 2. The molecule has 0 atom stereocenters. The van der Waals surface area contributed by atoms with Crippen LogP contribution in [-0.2, 0) is 19.6 Å². The Morgan fingerprint density at radius 1 is 1.25 bits per heavy atom. The Balaban J connectivity index is 1.80. The van der Waals surface area contributed by atoms with Crippen LogP contribution >= 0.6 is 0 Å². The first-order valence-corrected chi connectivity index (χ1v) is 8.31. The quantitative estimate of drug-likeness (QED) is 0.846. The second-order valence-corrected chi connectivity index (χ2v) is 6.47. The van der Waals surface area contributed by atoms with Crippen molar-refractivity contribution in [1.29, 1.82) is 0 Å². The lowest BCUT2D eigenvalue weighted by molar-refractivity contribution is 0.240. The van der Waals surface area contributed by atoms with Crippen LogP contribution in [0.4, 0.5) is 8.78 Å². The Labute approximate surface area is 140 Å². The van der Waals surface area contributed by atoms with Crippen LogP contribution in [0.5, 0.6) is 0 Å². The maximum absolute atomic E-state index is 14.0. The van der Waals surface area contributed by atoms with E-state index in [-0.39, 0.29) is 6.61 Å². The second-order valence-electron chi connectivity index (χ2n) is 6.47. The first kappa shape index (κ1) is 17.0. The lowest BCUT2D eigenvalue weighted by atomic mass is 10.1. The van der Waals surface area contributed by atoms with Gasteiger partial charge in [0, 0.05) is 42.0 Å². The molecule has 1 aromatic carbocycles. The van der Waals surface area contributed by atoms with Crippen molar-refractivity contribution < 1.29 is 13.9 Å². The fourth-order valence-corrected chi connectivity index (χ4v) is 3.10. The van der Waals surface area contributed by atoms with E-state index in [9.17, 15) is 8.78 Å². The van der Waals surface area contributed by atoms with Gasteiger partial charge in [0.05, 0.1) is 18.8 Å². The third-order valence-electron chi connectivity index (χ3n) is 4.66. The van der Waals surface area contributed by atoms with Crippen LogP contribution in [0.3, 0.4) is 0 Å². The summed E-state index contributed by atoms with van der Waals surface area (Å²) >= 11 is 0. The maximum Gasteiger partial charge on any atom is 0.130 e. The Morgan fingerprint density at radius 2 is 2.00 bits per heavy atom. The summed E-state index contributed by atoms with van der Waals surface area (Å²) in [6, 6.07) is 4.21. The average molecular weight is 335 g/mol. The zero-order chi connectivity index (χ0) is 17.3. The van der Waals surface area contributed by atoms with Crippen LogP contribution in [0.2, 0.25) is 0 Å². The van der Waals surface area contributed by atoms with E-state index in [0.29, 0.717) is 31.2 Å². The highest BCUT2D eigenvalue weighted by atomic mass is 19.1. The molecule has 6 heteroatoms. The summed E-state index contributed by atoms with van der Waals surface area (Å²) in [7, 11) is 0. The van der Waals surface area contributed by atoms with Gasteiger partial charge in [0.25, 0.3) is 0 Å². The minimum Gasteiger partial charge on any atom is -0.394 e. The third-order valence-corrected chi connectivity index (χ3v) is 4.66. The molecule has 0 amide bonds. The molecule has 1 fully saturated rings. The highest BCUT2D eigenvalue weighted by molar-refractivity contribution is 5.25. The normalized spacial score (nSPS) is 14.6. The molecule has 130 valence electrons. The molecular formula is C18H23F2N3O. The van der Waals surface area contributed by atoms with Gasteiger partial charge in [0.1, 0.15) is 11.6 Å². The standard InChI is InChI=1S/C18H23F2N3O/c1-12-17(13(2)23(21-12)7-8-24)11-22(16-5-6-16)10-14-3-4-15(19)9-18(14)20/h3-4,9,16,24H,5-8,10-11H2,1-2H3. The second kappa shape index (κ2) is 6.99. The van der Waals surface area contributed by atoms with E-state index in [4.69, 9.17) is 5.11 Å². The average Bonchev–Trinajstić information content (AvgIpc) is 3.33. The van der Waals surface area contributed by atoms with Crippen molar-refractivity contribution in [3.8, 4) is 0 Å². The van der Waals surface area contributed by atoms with Crippen molar-refractivity contribution >= 4 is 0 Å². The first-order valence-electron chi connectivity index (χ1n) is 8.31. The molecule has 1 aliphatic carbocycles. The topological polar surface area (TPSA) is 41.3 Å². The first-order chi connectivity index (χ1) is 11.5. The van der Waals surface area contributed by atoms with Crippen molar-refractivity contribution in [3.63, 3.8) is 0 Å². The van der Waals surface area contributed by atoms with E-state index in [1.165, 1.54) is 12.1 Å². The summed E-state index contributed by atoms with van der Waals surface area (Å²) in [6.07, 6.45) is 2.21. The van der Waals surface area contributed by atoms with E-state index in [0.717, 1.165) is 35.9 Å². The number of aryl methyl sites for hydroxylation is 1. The van der Waals surface area contributed by atoms with E-state index < -0.39 is 11.6 Å². The zero-order valence-corrected chi connectivity index (χ0v) is 14.1. The molecule has 1 heterocycles. The van der Waals surface area contributed by atoms with Crippen LogP contribution in [0, 0.1) is 25.5 Å². The molecule has 0 bridgehead atoms. The highest BCUT2D eigenvalue weighted by Gasteiger charge is 2.30. The Kier molecular flexibility index (Phi) is 4.96. The van der Waals surface area contributed by atoms with E-state index in [1.54, 1.807) is 0 Å². The van der Waals surface area contributed by atoms with Crippen molar-refractivity contribution in [2.24, 2.45) is 0 Å². The molecule has 0 spiro atoms. The smallest absolute Gasteiger partial charge is 0.130 e. The van der Waals surface area contributed by atoms with Crippen molar-refractivity contribution in [2.45, 2.75) is 52.4 Å².